The van der Waals surface area contributed by atoms with E-state index in [2.05, 4.69) is 6.07 Å². The molecule has 0 aromatic heterocycles. The molecule has 0 saturated carbocycles. The highest BCUT2D eigenvalue weighted by molar-refractivity contribution is 5.38. The van der Waals surface area contributed by atoms with Gasteiger partial charge in [0.1, 0.15) is 5.75 Å². The van der Waals surface area contributed by atoms with Gasteiger partial charge in [-0.15, -0.1) is 0 Å². The van der Waals surface area contributed by atoms with Crippen LogP contribution in [0.15, 0.2) is 18.2 Å². The fraction of sp³-hybridized carbons (Fsp3) is 0.364. The molecule has 4 nitrogen and oxygen atoms in total. The monoisotopic (exact) mass is 206 g/mol. The molecule has 0 heterocycles. The molecule has 4 heteroatoms. The van der Waals surface area contributed by atoms with Crippen LogP contribution >= 0.6 is 0 Å². The lowest BCUT2D eigenvalue weighted by molar-refractivity contribution is 0.265. The van der Waals surface area contributed by atoms with E-state index in [-0.39, 0.29) is 12.4 Å². The third-order valence-electron chi connectivity index (χ3n) is 2.21. The van der Waals surface area contributed by atoms with Crippen molar-refractivity contribution < 1.29 is 10.2 Å². The van der Waals surface area contributed by atoms with E-state index in [9.17, 15) is 5.11 Å². The zero-order valence-corrected chi connectivity index (χ0v) is 8.35. The van der Waals surface area contributed by atoms with Gasteiger partial charge in [-0.2, -0.15) is 5.26 Å². The lowest BCUT2D eigenvalue weighted by Crippen LogP contribution is -2.14. The molecule has 0 bridgehead atoms. The maximum Gasteiger partial charge on any atom is 0.120 e. The lowest BCUT2D eigenvalue weighted by atomic mass is 10.0. The summed E-state index contributed by atoms with van der Waals surface area (Å²) in [6.07, 6.45) is 1.06. The van der Waals surface area contributed by atoms with Crippen LogP contribution in [0.3, 0.4) is 0 Å². The Balaban J connectivity index is 2.90. The molecule has 0 fully saturated rings. The van der Waals surface area contributed by atoms with Gasteiger partial charge < -0.3 is 15.9 Å². The summed E-state index contributed by atoms with van der Waals surface area (Å²) in [5, 5.41) is 26.8. The summed E-state index contributed by atoms with van der Waals surface area (Å²) >= 11 is 0. The first-order valence-electron chi connectivity index (χ1n) is 4.74. The predicted molar refractivity (Wildman–Crippen MR) is 56.1 cm³/mol. The minimum atomic E-state index is -0.577. The van der Waals surface area contributed by atoms with E-state index in [1.165, 1.54) is 6.07 Å². The van der Waals surface area contributed by atoms with Gasteiger partial charge in [-0.05, 0) is 18.1 Å². The summed E-state index contributed by atoms with van der Waals surface area (Å²) in [5.74, 6) is 0.0808. The first kappa shape index (κ1) is 11.5. The third kappa shape index (κ3) is 2.94. The van der Waals surface area contributed by atoms with Gasteiger partial charge in [0.15, 0.2) is 0 Å². The van der Waals surface area contributed by atoms with Crippen LogP contribution < -0.4 is 5.73 Å². The Morgan fingerprint density at radius 1 is 1.47 bits per heavy atom. The number of benzene rings is 1. The molecule has 0 amide bonds. The highest BCUT2D eigenvalue weighted by Crippen LogP contribution is 2.24. The molecule has 15 heavy (non-hydrogen) atoms. The number of aryl methyl sites for hydroxylation is 1. The van der Waals surface area contributed by atoms with Gasteiger partial charge in [0.25, 0.3) is 0 Å². The van der Waals surface area contributed by atoms with E-state index in [4.69, 9.17) is 16.1 Å². The number of hydrogen-bond acceptors (Lipinski definition) is 4. The van der Waals surface area contributed by atoms with Gasteiger partial charge in [-0.1, -0.05) is 12.1 Å². The Morgan fingerprint density at radius 3 is 2.80 bits per heavy atom. The average molecular weight is 206 g/mol. The quantitative estimate of drug-likeness (QED) is 0.680. The van der Waals surface area contributed by atoms with Crippen molar-refractivity contribution in [3.8, 4) is 11.8 Å². The van der Waals surface area contributed by atoms with Crippen LogP contribution in [-0.2, 0) is 6.42 Å². The molecule has 4 N–H and O–H groups in total. The minimum absolute atomic E-state index is 0.0808. The van der Waals surface area contributed by atoms with Crippen molar-refractivity contribution in [1.82, 2.24) is 0 Å². The van der Waals surface area contributed by atoms with Crippen LogP contribution in [0.1, 0.15) is 23.6 Å². The van der Waals surface area contributed by atoms with Gasteiger partial charge in [0.05, 0.1) is 18.7 Å². The molecule has 0 spiro atoms. The number of nitriles is 1. The van der Waals surface area contributed by atoms with Crippen LogP contribution in [0.5, 0.6) is 5.75 Å². The molecule has 0 unspecified atom stereocenters. The van der Waals surface area contributed by atoms with E-state index in [1.807, 2.05) is 0 Å². The van der Waals surface area contributed by atoms with Crippen LogP contribution in [-0.4, -0.2) is 16.8 Å². The number of aliphatic hydroxyl groups excluding tert-OH is 1. The highest BCUT2D eigenvalue weighted by atomic mass is 16.3. The molecule has 0 aliphatic heterocycles. The molecule has 1 aromatic carbocycles. The zero-order valence-electron chi connectivity index (χ0n) is 8.35. The summed E-state index contributed by atoms with van der Waals surface area (Å²) in [6, 6.07) is 6.49. The van der Waals surface area contributed by atoms with Crippen molar-refractivity contribution in [3.05, 3.63) is 29.3 Å². The fourth-order valence-corrected chi connectivity index (χ4v) is 1.36. The van der Waals surface area contributed by atoms with Crippen molar-refractivity contribution >= 4 is 0 Å². The standard InChI is InChI=1S/C11H14N2O2/c12-5-1-2-8-3-4-11(15)9(6-8)10(13)7-14/h3-4,6,10,14-15H,1-2,7,13H2/t10-/m0/s1. The zero-order chi connectivity index (χ0) is 11.3. The van der Waals surface area contributed by atoms with Crippen LogP contribution in [0, 0.1) is 11.3 Å². The summed E-state index contributed by atoms with van der Waals surface area (Å²) in [6.45, 7) is -0.213. The van der Waals surface area contributed by atoms with Crippen molar-refractivity contribution in [2.45, 2.75) is 18.9 Å². The number of nitrogens with two attached hydrogens (primary N) is 1. The minimum Gasteiger partial charge on any atom is -0.508 e. The molecule has 0 aliphatic rings. The molecule has 80 valence electrons. The molecule has 0 saturated heterocycles. The van der Waals surface area contributed by atoms with Gasteiger partial charge in [-0.3, -0.25) is 0 Å². The topological polar surface area (TPSA) is 90.3 Å². The molecule has 1 aromatic rings. The van der Waals surface area contributed by atoms with Crippen LogP contribution in [0.4, 0.5) is 0 Å². The van der Waals surface area contributed by atoms with Gasteiger partial charge in [0.2, 0.25) is 0 Å². The normalized spacial score (nSPS) is 12.1. The molecule has 0 radical (unpaired) electrons. The third-order valence-corrected chi connectivity index (χ3v) is 2.21. The van der Waals surface area contributed by atoms with Gasteiger partial charge >= 0.3 is 0 Å². The van der Waals surface area contributed by atoms with Crippen LogP contribution in [0.25, 0.3) is 0 Å². The van der Waals surface area contributed by atoms with Crippen LogP contribution in [0.2, 0.25) is 0 Å². The highest BCUT2D eigenvalue weighted by Gasteiger charge is 2.10. The molecule has 0 aliphatic carbocycles. The maximum absolute atomic E-state index is 9.51. The van der Waals surface area contributed by atoms with E-state index < -0.39 is 6.04 Å². The predicted octanol–water partition coefficient (Wildman–Crippen LogP) is 0.840. The van der Waals surface area contributed by atoms with Crippen molar-refractivity contribution in [2.75, 3.05) is 6.61 Å². The Bertz CT molecular complexity index is 371. The Kier molecular flexibility index (Phi) is 4.10. The Hall–Kier alpha value is -1.57. The largest absolute Gasteiger partial charge is 0.508 e. The molecule has 1 rings (SSSR count). The average Bonchev–Trinajstić information content (AvgIpc) is 2.27. The smallest absolute Gasteiger partial charge is 0.120 e. The Morgan fingerprint density at radius 2 is 2.20 bits per heavy atom. The SMILES string of the molecule is N#CCCc1ccc(O)c([C@@H](N)CO)c1. The van der Waals surface area contributed by atoms with Gasteiger partial charge in [0, 0.05) is 12.0 Å². The first-order valence-corrected chi connectivity index (χ1v) is 4.74. The molecular formula is C11H14N2O2. The van der Waals surface area contributed by atoms with Crippen molar-refractivity contribution in [3.63, 3.8) is 0 Å². The second kappa shape index (κ2) is 5.35. The number of hydrogen-bond donors (Lipinski definition) is 3. The summed E-state index contributed by atoms with van der Waals surface area (Å²) in [5.41, 5.74) is 7.08. The van der Waals surface area contributed by atoms with E-state index in [1.54, 1.807) is 12.1 Å². The second-order valence-corrected chi connectivity index (χ2v) is 3.34. The number of aromatic hydroxyl groups is 1. The number of phenolic OH excluding ortho intramolecular Hbond substituents is 1. The summed E-state index contributed by atoms with van der Waals surface area (Å²) < 4.78 is 0. The number of phenols is 1. The fourth-order valence-electron chi connectivity index (χ4n) is 1.36. The van der Waals surface area contributed by atoms with E-state index in [0.717, 1.165) is 5.56 Å². The Labute approximate surface area is 88.6 Å². The van der Waals surface area contributed by atoms with E-state index in [0.29, 0.717) is 18.4 Å². The maximum atomic E-state index is 9.51. The van der Waals surface area contributed by atoms with Crippen molar-refractivity contribution in [1.29, 1.82) is 5.26 Å². The number of nitrogens with zero attached hydrogens (tertiary/aromatic N) is 1. The second-order valence-electron chi connectivity index (χ2n) is 3.34. The summed E-state index contributed by atoms with van der Waals surface area (Å²) in [7, 11) is 0. The van der Waals surface area contributed by atoms with Crippen molar-refractivity contribution in [2.24, 2.45) is 5.73 Å². The lowest BCUT2D eigenvalue weighted by Gasteiger charge is -2.12. The summed E-state index contributed by atoms with van der Waals surface area (Å²) in [4.78, 5) is 0. The van der Waals surface area contributed by atoms with Gasteiger partial charge in [-0.25, -0.2) is 0 Å². The number of rotatable bonds is 4. The number of aliphatic hydroxyl groups is 1. The van der Waals surface area contributed by atoms with E-state index >= 15 is 0 Å². The first-order chi connectivity index (χ1) is 7.19. The molecular weight excluding hydrogens is 192 g/mol. The molecule has 1 atom stereocenters.